The van der Waals surface area contributed by atoms with Crippen LogP contribution in [0.5, 0.6) is 5.75 Å². The molecule has 6 nitrogen and oxygen atoms in total. The highest BCUT2D eigenvalue weighted by atomic mass is 32.1. The van der Waals surface area contributed by atoms with Gasteiger partial charge in [0.05, 0.1) is 6.04 Å². The monoisotopic (exact) mass is 447 g/mol. The fourth-order valence-corrected chi connectivity index (χ4v) is 4.69. The molecule has 3 rings (SSSR count). The van der Waals surface area contributed by atoms with Gasteiger partial charge in [0, 0.05) is 24.5 Å². The number of carbonyl (C=O) groups excluding carboxylic acids is 2. The van der Waals surface area contributed by atoms with Gasteiger partial charge in [-0.2, -0.15) is 0 Å². The summed E-state index contributed by atoms with van der Waals surface area (Å²) in [4.78, 5) is 30.4. The highest BCUT2D eigenvalue weighted by Gasteiger charge is 2.33. The topological polar surface area (TPSA) is 61.9 Å². The van der Waals surface area contributed by atoms with Crippen molar-refractivity contribution in [1.29, 1.82) is 0 Å². The number of thiophene rings is 1. The second kappa shape index (κ2) is 10.6. The van der Waals surface area contributed by atoms with E-state index in [0.717, 1.165) is 12.0 Å². The van der Waals surface area contributed by atoms with Gasteiger partial charge in [0.1, 0.15) is 24.7 Å². The first-order valence-electron chi connectivity index (χ1n) is 10.7. The number of ether oxygens (including phenoxy) is 1. The number of nitrogens with one attached hydrogen (secondary N) is 1. The molecule has 0 saturated heterocycles. The van der Waals surface area contributed by atoms with Gasteiger partial charge in [-0.25, -0.2) is 9.18 Å². The van der Waals surface area contributed by atoms with Gasteiger partial charge in [-0.05, 0) is 60.5 Å². The summed E-state index contributed by atoms with van der Waals surface area (Å²) in [5.74, 6) is 0.381. The van der Waals surface area contributed by atoms with Crippen LogP contribution in [0.1, 0.15) is 37.3 Å². The minimum absolute atomic E-state index is 0.0243. The average molecular weight is 448 g/mol. The van der Waals surface area contributed by atoms with Crippen LogP contribution in [0.15, 0.2) is 35.7 Å². The minimum Gasteiger partial charge on any atom is -0.491 e. The molecular formula is C23H30FN3O3S. The maximum Gasteiger partial charge on any atom is 0.317 e. The standard InChI is InChI=1S/C23H30FN3O3S/c1-4-25-23(29)26(13-16(2)3)14-22(28)27-11-9-21-19(10-12-31-21)20(27)15-30-18-7-5-17(24)6-8-18/h5-8,10,12,16,20H,4,9,11,13-15H2,1-3H3,(H,25,29)/t20-/m0/s1. The SMILES string of the molecule is CCNC(=O)N(CC(=O)N1CCc2sccc2[C@@H]1COc1ccc(F)cc1)CC(C)C. The van der Waals surface area contributed by atoms with Gasteiger partial charge < -0.3 is 19.9 Å². The van der Waals surface area contributed by atoms with Gasteiger partial charge in [0.25, 0.3) is 0 Å². The molecule has 8 heteroatoms. The van der Waals surface area contributed by atoms with Gasteiger partial charge in [-0.1, -0.05) is 13.8 Å². The van der Waals surface area contributed by atoms with Crippen molar-refractivity contribution in [2.75, 3.05) is 32.8 Å². The van der Waals surface area contributed by atoms with Crippen molar-refractivity contribution in [3.8, 4) is 5.75 Å². The van der Waals surface area contributed by atoms with Crippen LogP contribution in [-0.2, 0) is 11.2 Å². The first-order chi connectivity index (χ1) is 14.9. The molecule has 0 aliphatic carbocycles. The summed E-state index contributed by atoms with van der Waals surface area (Å²) in [6, 6.07) is 7.43. The van der Waals surface area contributed by atoms with Gasteiger partial charge in [0.15, 0.2) is 0 Å². The first kappa shape index (κ1) is 23.1. The Kier molecular flexibility index (Phi) is 7.90. The Labute approximate surface area is 187 Å². The van der Waals surface area contributed by atoms with E-state index < -0.39 is 0 Å². The zero-order valence-electron chi connectivity index (χ0n) is 18.3. The first-order valence-corrected chi connectivity index (χ1v) is 11.5. The number of hydrogen-bond acceptors (Lipinski definition) is 4. The Balaban J connectivity index is 1.75. The van der Waals surface area contributed by atoms with Crippen molar-refractivity contribution < 1.29 is 18.7 Å². The van der Waals surface area contributed by atoms with Crippen LogP contribution in [0.25, 0.3) is 0 Å². The molecule has 1 N–H and O–H groups in total. The van der Waals surface area contributed by atoms with Crippen LogP contribution in [0.2, 0.25) is 0 Å². The predicted molar refractivity (Wildman–Crippen MR) is 120 cm³/mol. The predicted octanol–water partition coefficient (Wildman–Crippen LogP) is 4.08. The summed E-state index contributed by atoms with van der Waals surface area (Å²) in [5, 5.41) is 4.83. The van der Waals surface area contributed by atoms with Crippen molar-refractivity contribution in [1.82, 2.24) is 15.1 Å². The largest absolute Gasteiger partial charge is 0.491 e. The van der Waals surface area contributed by atoms with E-state index in [1.54, 1.807) is 28.4 Å². The Morgan fingerprint density at radius 3 is 2.71 bits per heavy atom. The molecule has 1 atom stereocenters. The van der Waals surface area contributed by atoms with Crippen molar-refractivity contribution in [2.24, 2.45) is 5.92 Å². The van der Waals surface area contributed by atoms with E-state index in [2.05, 4.69) is 5.32 Å². The second-order valence-corrected chi connectivity index (χ2v) is 9.03. The number of amides is 3. The summed E-state index contributed by atoms with van der Waals surface area (Å²) < 4.78 is 19.1. The lowest BCUT2D eigenvalue weighted by molar-refractivity contribution is -0.135. The van der Waals surface area contributed by atoms with Crippen LogP contribution in [0, 0.1) is 11.7 Å². The van der Waals surface area contributed by atoms with Gasteiger partial charge in [-0.3, -0.25) is 4.79 Å². The number of hydrogen-bond donors (Lipinski definition) is 1. The molecule has 31 heavy (non-hydrogen) atoms. The molecule has 0 spiro atoms. The average Bonchev–Trinajstić information content (AvgIpc) is 3.21. The van der Waals surface area contributed by atoms with E-state index in [1.165, 1.54) is 17.0 Å². The molecule has 0 unspecified atom stereocenters. The molecular weight excluding hydrogens is 417 g/mol. The zero-order valence-corrected chi connectivity index (χ0v) is 19.1. The molecule has 168 valence electrons. The summed E-state index contributed by atoms with van der Waals surface area (Å²) in [5.41, 5.74) is 1.08. The highest BCUT2D eigenvalue weighted by molar-refractivity contribution is 7.10. The van der Waals surface area contributed by atoms with E-state index in [4.69, 9.17) is 4.74 Å². The van der Waals surface area contributed by atoms with Gasteiger partial charge >= 0.3 is 6.03 Å². The van der Waals surface area contributed by atoms with E-state index >= 15 is 0 Å². The van der Waals surface area contributed by atoms with Crippen LogP contribution in [0.3, 0.4) is 0 Å². The van der Waals surface area contributed by atoms with Crippen molar-refractivity contribution in [3.63, 3.8) is 0 Å². The molecule has 1 aromatic heterocycles. The smallest absolute Gasteiger partial charge is 0.317 e. The van der Waals surface area contributed by atoms with Gasteiger partial charge in [-0.15, -0.1) is 11.3 Å². The van der Waals surface area contributed by atoms with E-state index in [1.807, 2.05) is 37.1 Å². The maximum absolute atomic E-state index is 13.3. The van der Waals surface area contributed by atoms with Gasteiger partial charge in [0.2, 0.25) is 5.91 Å². The van der Waals surface area contributed by atoms with Crippen molar-refractivity contribution >= 4 is 23.3 Å². The van der Waals surface area contributed by atoms with Crippen LogP contribution >= 0.6 is 11.3 Å². The third-order valence-corrected chi connectivity index (χ3v) is 6.16. The lowest BCUT2D eigenvalue weighted by atomic mass is 10.0. The molecule has 2 aromatic rings. The van der Waals surface area contributed by atoms with Crippen LogP contribution in [0.4, 0.5) is 9.18 Å². The van der Waals surface area contributed by atoms with E-state index in [-0.39, 0.29) is 42.9 Å². The second-order valence-electron chi connectivity index (χ2n) is 8.03. The zero-order chi connectivity index (χ0) is 22.4. The van der Waals surface area contributed by atoms with Crippen molar-refractivity contribution in [3.05, 3.63) is 52.0 Å². The normalized spacial score (nSPS) is 15.5. The quantitative estimate of drug-likeness (QED) is 0.663. The molecule has 2 heterocycles. The molecule has 1 aliphatic rings. The summed E-state index contributed by atoms with van der Waals surface area (Å²) in [6.07, 6.45) is 0.789. The summed E-state index contributed by atoms with van der Waals surface area (Å²) in [7, 11) is 0. The molecule has 0 bridgehead atoms. The summed E-state index contributed by atoms with van der Waals surface area (Å²) in [6.45, 7) is 7.79. The molecule has 0 fully saturated rings. The Morgan fingerprint density at radius 1 is 1.29 bits per heavy atom. The molecule has 1 aromatic carbocycles. The lowest BCUT2D eigenvalue weighted by Crippen LogP contribution is -2.50. The number of halogens is 1. The molecule has 0 radical (unpaired) electrons. The number of nitrogens with zero attached hydrogens (tertiary/aromatic N) is 2. The Hall–Kier alpha value is -2.61. The Bertz CT molecular complexity index is 884. The third-order valence-electron chi connectivity index (χ3n) is 5.16. The molecule has 0 saturated carbocycles. The maximum atomic E-state index is 13.3. The van der Waals surface area contributed by atoms with Crippen molar-refractivity contribution in [2.45, 2.75) is 33.2 Å². The van der Waals surface area contributed by atoms with Crippen LogP contribution < -0.4 is 10.1 Å². The third kappa shape index (κ3) is 5.97. The molecule has 3 amide bonds. The number of urea groups is 1. The molecule has 1 aliphatic heterocycles. The fraction of sp³-hybridized carbons (Fsp3) is 0.478. The Morgan fingerprint density at radius 2 is 2.03 bits per heavy atom. The minimum atomic E-state index is -0.322. The highest BCUT2D eigenvalue weighted by Crippen LogP contribution is 2.34. The number of benzene rings is 1. The van der Waals surface area contributed by atoms with Crippen LogP contribution in [-0.4, -0.2) is 54.5 Å². The summed E-state index contributed by atoms with van der Waals surface area (Å²) >= 11 is 1.68. The van der Waals surface area contributed by atoms with E-state index in [0.29, 0.717) is 25.4 Å². The number of fused-ring (bicyclic) bond motifs is 1. The fourth-order valence-electron chi connectivity index (χ4n) is 3.76. The number of rotatable bonds is 8. The number of carbonyl (C=O) groups is 2. The van der Waals surface area contributed by atoms with E-state index in [9.17, 15) is 14.0 Å². The lowest BCUT2D eigenvalue weighted by Gasteiger charge is -2.37.